The number of hydrazine groups is 1. The Morgan fingerprint density at radius 3 is 2.44 bits per heavy atom. The lowest BCUT2D eigenvalue weighted by Gasteiger charge is -2.15. The first-order valence-corrected chi connectivity index (χ1v) is 5.62. The van der Waals surface area contributed by atoms with E-state index >= 15 is 0 Å². The standard InChI is InChI=1S/C13H17N3O2/c1-7-8(2)15-13-10(12(7)16-14)5-9(17-3)6-11(13)18-4/h5-6H,14H2,1-4H3,(H,15,16). The van der Waals surface area contributed by atoms with Gasteiger partial charge in [-0.15, -0.1) is 0 Å². The van der Waals surface area contributed by atoms with Crippen molar-refractivity contribution in [3.05, 3.63) is 23.4 Å². The Kier molecular flexibility index (Phi) is 3.25. The molecule has 0 saturated heterocycles. The van der Waals surface area contributed by atoms with Crippen molar-refractivity contribution < 1.29 is 9.47 Å². The van der Waals surface area contributed by atoms with Crippen LogP contribution in [0.2, 0.25) is 0 Å². The van der Waals surface area contributed by atoms with Gasteiger partial charge < -0.3 is 14.9 Å². The molecule has 0 fully saturated rings. The number of nitrogens with two attached hydrogens (primary N) is 1. The number of hydrogen-bond acceptors (Lipinski definition) is 5. The maximum Gasteiger partial charge on any atom is 0.148 e. The van der Waals surface area contributed by atoms with Crippen molar-refractivity contribution in [2.24, 2.45) is 5.84 Å². The highest BCUT2D eigenvalue weighted by Crippen LogP contribution is 2.36. The zero-order valence-electron chi connectivity index (χ0n) is 11.0. The molecule has 0 aliphatic carbocycles. The van der Waals surface area contributed by atoms with Gasteiger partial charge in [-0.2, -0.15) is 0 Å². The first-order chi connectivity index (χ1) is 8.62. The quantitative estimate of drug-likeness (QED) is 0.642. The average molecular weight is 247 g/mol. The van der Waals surface area contributed by atoms with Gasteiger partial charge in [0.05, 0.1) is 19.9 Å². The van der Waals surface area contributed by atoms with Crippen LogP contribution >= 0.6 is 0 Å². The summed E-state index contributed by atoms with van der Waals surface area (Å²) < 4.78 is 10.6. The molecule has 0 radical (unpaired) electrons. The van der Waals surface area contributed by atoms with Gasteiger partial charge in [-0.3, -0.25) is 5.84 Å². The van der Waals surface area contributed by atoms with Crippen LogP contribution < -0.4 is 20.7 Å². The molecule has 3 N–H and O–H groups in total. The van der Waals surface area contributed by atoms with E-state index in [-0.39, 0.29) is 0 Å². The van der Waals surface area contributed by atoms with Crippen LogP contribution in [0.4, 0.5) is 5.69 Å². The fourth-order valence-corrected chi connectivity index (χ4v) is 1.98. The number of ether oxygens (including phenoxy) is 2. The second-order valence-corrected chi connectivity index (χ2v) is 4.07. The molecular formula is C13H17N3O2. The Morgan fingerprint density at radius 2 is 1.89 bits per heavy atom. The summed E-state index contributed by atoms with van der Waals surface area (Å²) in [6, 6.07) is 3.71. The number of benzene rings is 1. The molecule has 18 heavy (non-hydrogen) atoms. The maximum absolute atomic E-state index is 5.61. The highest BCUT2D eigenvalue weighted by atomic mass is 16.5. The van der Waals surface area contributed by atoms with E-state index < -0.39 is 0 Å². The smallest absolute Gasteiger partial charge is 0.148 e. The van der Waals surface area contributed by atoms with Crippen LogP contribution in [0.5, 0.6) is 11.5 Å². The topological polar surface area (TPSA) is 69.4 Å². The number of aryl methyl sites for hydroxylation is 1. The van der Waals surface area contributed by atoms with Crippen molar-refractivity contribution in [3.8, 4) is 11.5 Å². The van der Waals surface area contributed by atoms with E-state index in [0.717, 1.165) is 27.8 Å². The average Bonchev–Trinajstić information content (AvgIpc) is 2.39. The van der Waals surface area contributed by atoms with Crippen molar-refractivity contribution in [2.45, 2.75) is 13.8 Å². The van der Waals surface area contributed by atoms with E-state index in [1.165, 1.54) is 0 Å². The van der Waals surface area contributed by atoms with E-state index in [4.69, 9.17) is 15.3 Å². The van der Waals surface area contributed by atoms with Gasteiger partial charge in [0.1, 0.15) is 17.0 Å². The fraction of sp³-hybridized carbons (Fsp3) is 0.308. The molecule has 1 aromatic heterocycles. The summed E-state index contributed by atoms with van der Waals surface area (Å²) in [7, 11) is 3.23. The van der Waals surface area contributed by atoms with Crippen molar-refractivity contribution >= 4 is 16.6 Å². The number of aromatic nitrogens is 1. The van der Waals surface area contributed by atoms with Crippen molar-refractivity contribution in [3.63, 3.8) is 0 Å². The molecule has 0 spiro atoms. The Bertz CT molecular complexity index is 597. The van der Waals surface area contributed by atoms with Gasteiger partial charge in [0.15, 0.2) is 0 Å². The summed E-state index contributed by atoms with van der Waals surface area (Å²) in [6.45, 7) is 3.92. The van der Waals surface area contributed by atoms with E-state index in [0.29, 0.717) is 11.5 Å². The molecule has 1 heterocycles. The highest BCUT2D eigenvalue weighted by Gasteiger charge is 2.13. The van der Waals surface area contributed by atoms with Gasteiger partial charge in [0.2, 0.25) is 0 Å². The van der Waals surface area contributed by atoms with Gasteiger partial charge in [-0.05, 0) is 25.5 Å². The lowest BCUT2D eigenvalue weighted by atomic mass is 10.1. The fourth-order valence-electron chi connectivity index (χ4n) is 1.98. The van der Waals surface area contributed by atoms with Crippen LogP contribution in [0.15, 0.2) is 12.1 Å². The molecule has 0 unspecified atom stereocenters. The largest absolute Gasteiger partial charge is 0.497 e. The van der Waals surface area contributed by atoms with Crippen LogP contribution in [0.1, 0.15) is 11.3 Å². The number of nitrogens with zero attached hydrogens (tertiary/aromatic N) is 1. The Morgan fingerprint density at radius 1 is 1.17 bits per heavy atom. The van der Waals surface area contributed by atoms with Crippen molar-refractivity contribution in [1.29, 1.82) is 0 Å². The number of hydrogen-bond donors (Lipinski definition) is 2. The zero-order valence-corrected chi connectivity index (χ0v) is 11.0. The van der Waals surface area contributed by atoms with Crippen LogP contribution in [0.25, 0.3) is 10.9 Å². The number of methoxy groups -OCH3 is 2. The Hall–Kier alpha value is -2.01. The molecule has 2 aromatic rings. The molecule has 0 atom stereocenters. The minimum atomic E-state index is 0.670. The summed E-state index contributed by atoms with van der Waals surface area (Å²) >= 11 is 0. The van der Waals surface area contributed by atoms with Crippen molar-refractivity contribution in [1.82, 2.24) is 4.98 Å². The molecule has 0 aliphatic heterocycles. The van der Waals surface area contributed by atoms with Gasteiger partial charge in [0.25, 0.3) is 0 Å². The Balaban J connectivity index is 2.90. The third-order valence-corrected chi connectivity index (χ3v) is 3.11. The molecular weight excluding hydrogens is 230 g/mol. The second-order valence-electron chi connectivity index (χ2n) is 4.07. The molecule has 96 valence electrons. The molecule has 0 amide bonds. The monoisotopic (exact) mass is 247 g/mol. The molecule has 1 aromatic carbocycles. The third kappa shape index (κ3) is 1.82. The molecule has 5 nitrogen and oxygen atoms in total. The maximum atomic E-state index is 5.61. The first-order valence-electron chi connectivity index (χ1n) is 5.62. The van der Waals surface area contributed by atoms with Gasteiger partial charge in [0, 0.05) is 17.1 Å². The number of rotatable bonds is 3. The number of nitrogens with one attached hydrogen (secondary N) is 1. The molecule has 2 rings (SSSR count). The van der Waals surface area contributed by atoms with Crippen LogP contribution in [0.3, 0.4) is 0 Å². The summed E-state index contributed by atoms with van der Waals surface area (Å²) in [6.07, 6.45) is 0. The number of pyridine rings is 1. The van der Waals surface area contributed by atoms with Crippen LogP contribution in [0, 0.1) is 13.8 Å². The van der Waals surface area contributed by atoms with Crippen LogP contribution in [-0.2, 0) is 0 Å². The second kappa shape index (κ2) is 4.70. The Labute approximate surface area is 106 Å². The zero-order chi connectivity index (χ0) is 13.3. The highest BCUT2D eigenvalue weighted by molar-refractivity contribution is 5.97. The first kappa shape index (κ1) is 12.4. The lowest BCUT2D eigenvalue weighted by molar-refractivity contribution is 0.397. The SMILES string of the molecule is COc1cc(OC)c2nc(C)c(C)c(NN)c2c1. The van der Waals surface area contributed by atoms with E-state index in [1.54, 1.807) is 14.2 Å². The minimum Gasteiger partial charge on any atom is -0.497 e. The molecule has 0 aliphatic rings. The number of anilines is 1. The number of nitrogen functional groups attached to an aromatic ring is 1. The molecule has 0 saturated carbocycles. The van der Waals surface area contributed by atoms with Gasteiger partial charge >= 0.3 is 0 Å². The summed E-state index contributed by atoms with van der Waals surface area (Å²) in [5, 5.41) is 0.886. The third-order valence-electron chi connectivity index (χ3n) is 3.11. The minimum absolute atomic E-state index is 0.670. The summed E-state index contributed by atoms with van der Waals surface area (Å²) in [5.41, 5.74) is 6.28. The number of fused-ring (bicyclic) bond motifs is 1. The van der Waals surface area contributed by atoms with E-state index in [9.17, 15) is 0 Å². The van der Waals surface area contributed by atoms with E-state index in [2.05, 4.69) is 10.4 Å². The van der Waals surface area contributed by atoms with Gasteiger partial charge in [-0.1, -0.05) is 0 Å². The predicted molar refractivity (Wildman–Crippen MR) is 72.1 cm³/mol. The summed E-state index contributed by atoms with van der Waals surface area (Å²) in [4.78, 5) is 4.55. The molecule has 5 heteroatoms. The van der Waals surface area contributed by atoms with Crippen molar-refractivity contribution in [2.75, 3.05) is 19.6 Å². The summed E-state index contributed by atoms with van der Waals surface area (Å²) in [5.74, 6) is 6.99. The normalized spacial score (nSPS) is 10.5. The van der Waals surface area contributed by atoms with Gasteiger partial charge in [-0.25, -0.2) is 4.98 Å². The predicted octanol–water partition coefficient (Wildman–Crippen LogP) is 2.15. The van der Waals surface area contributed by atoms with Crippen LogP contribution in [-0.4, -0.2) is 19.2 Å². The lowest BCUT2D eigenvalue weighted by Crippen LogP contribution is -2.10. The van der Waals surface area contributed by atoms with E-state index in [1.807, 2.05) is 26.0 Å². The molecule has 0 bridgehead atoms.